The second-order valence-electron chi connectivity index (χ2n) is 5.73. The van der Waals surface area contributed by atoms with Crippen LogP contribution in [-0.4, -0.2) is 51.5 Å². The lowest BCUT2D eigenvalue weighted by atomic mass is 10.3. The van der Waals surface area contributed by atoms with Gasteiger partial charge in [0, 0.05) is 38.3 Å². The molecule has 0 aliphatic carbocycles. The second kappa shape index (κ2) is 7.08. The van der Waals surface area contributed by atoms with E-state index in [1.54, 1.807) is 42.6 Å². The number of halogens is 1. The Morgan fingerprint density at radius 2 is 1.83 bits per heavy atom. The van der Waals surface area contributed by atoms with Crippen molar-refractivity contribution in [3.63, 3.8) is 0 Å². The quantitative estimate of drug-likeness (QED) is 0.835. The normalized spacial score (nSPS) is 16.2. The number of rotatable bonds is 4. The van der Waals surface area contributed by atoms with Crippen LogP contribution in [0.15, 0.2) is 52.0 Å². The van der Waals surface area contributed by atoms with Gasteiger partial charge in [-0.1, -0.05) is 18.2 Å². The van der Waals surface area contributed by atoms with E-state index in [9.17, 15) is 8.42 Å². The minimum absolute atomic E-state index is 0. The van der Waals surface area contributed by atoms with E-state index in [4.69, 9.17) is 0 Å². The van der Waals surface area contributed by atoms with Gasteiger partial charge in [-0.25, -0.2) is 13.4 Å². The molecule has 0 bridgehead atoms. The van der Waals surface area contributed by atoms with Crippen molar-refractivity contribution >= 4 is 37.5 Å². The fraction of sp³-hybridized carbons (Fsp3) is 0.312. The molecule has 3 rings (SSSR count). The summed E-state index contributed by atoms with van der Waals surface area (Å²) in [6.45, 7) is 3.46. The van der Waals surface area contributed by atoms with Gasteiger partial charge in [-0.05, 0) is 41.2 Å². The zero-order chi connectivity index (χ0) is 17.2. The average Bonchev–Trinajstić information content (AvgIpc) is 2.57. The minimum Gasteiger partial charge on any atom is -0.352 e. The number of hydrogen-bond donors (Lipinski definition) is 1. The molecular formula is C16H21BrN4O2S. The van der Waals surface area contributed by atoms with Crippen LogP contribution >= 0.6 is 15.9 Å². The van der Waals surface area contributed by atoms with Gasteiger partial charge in [0.2, 0.25) is 0 Å². The van der Waals surface area contributed by atoms with E-state index in [0.29, 0.717) is 11.5 Å². The monoisotopic (exact) mass is 412 g/mol. The molecule has 1 fully saturated rings. The molecule has 1 aromatic carbocycles. The van der Waals surface area contributed by atoms with Crippen LogP contribution in [0.2, 0.25) is 0 Å². The molecule has 2 heterocycles. The van der Waals surface area contributed by atoms with Crippen molar-refractivity contribution in [3.05, 3.63) is 47.1 Å². The van der Waals surface area contributed by atoms with E-state index in [-0.39, 0.29) is 6.32 Å². The first kappa shape index (κ1) is 17.2. The summed E-state index contributed by atoms with van der Waals surface area (Å²) < 4.78 is 28.6. The number of pyridine rings is 1. The Hall–Kier alpha value is -1.64. The lowest BCUT2D eigenvalue weighted by molar-refractivity contribution is 0.312. The number of benzene rings is 1. The highest BCUT2D eigenvalue weighted by atomic mass is 79.9. The van der Waals surface area contributed by atoms with E-state index >= 15 is 0 Å². The van der Waals surface area contributed by atoms with Crippen molar-refractivity contribution in [2.75, 3.05) is 42.8 Å². The SMILES string of the molecule is CN1CCN(c2ncc(Br)cc2NS(=O)(=O)c2ccccc2)CC1.[HH]. The van der Waals surface area contributed by atoms with Gasteiger partial charge in [0.05, 0.1) is 10.6 Å². The van der Waals surface area contributed by atoms with Crippen LogP contribution in [0.4, 0.5) is 11.5 Å². The highest BCUT2D eigenvalue weighted by Gasteiger charge is 2.22. The van der Waals surface area contributed by atoms with E-state index in [1.807, 2.05) is 0 Å². The number of aromatic nitrogens is 1. The lowest BCUT2D eigenvalue weighted by Crippen LogP contribution is -2.45. The topological polar surface area (TPSA) is 65.5 Å². The third-order valence-corrected chi connectivity index (χ3v) is 5.75. The number of hydrogen-bond acceptors (Lipinski definition) is 5. The molecule has 130 valence electrons. The largest absolute Gasteiger partial charge is 0.352 e. The Morgan fingerprint density at radius 1 is 1.17 bits per heavy atom. The number of likely N-dealkylation sites (N-methyl/N-ethyl adjacent to an activating group) is 1. The minimum atomic E-state index is -3.65. The van der Waals surface area contributed by atoms with Gasteiger partial charge in [-0.15, -0.1) is 0 Å². The molecule has 0 unspecified atom stereocenters. The maximum absolute atomic E-state index is 12.6. The molecule has 0 atom stereocenters. The van der Waals surface area contributed by atoms with Crippen molar-refractivity contribution in [3.8, 4) is 0 Å². The first-order valence-electron chi connectivity index (χ1n) is 7.62. The van der Waals surface area contributed by atoms with E-state index in [0.717, 1.165) is 30.7 Å². The van der Waals surface area contributed by atoms with Gasteiger partial charge in [0.15, 0.2) is 5.82 Å². The van der Waals surface area contributed by atoms with Crippen LogP contribution in [0.3, 0.4) is 0 Å². The van der Waals surface area contributed by atoms with Crippen molar-refractivity contribution in [1.29, 1.82) is 0 Å². The maximum Gasteiger partial charge on any atom is 0.262 e. The van der Waals surface area contributed by atoms with E-state index in [2.05, 4.69) is 42.5 Å². The summed E-state index contributed by atoms with van der Waals surface area (Å²) in [5, 5.41) is 0. The summed E-state index contributed by atoms with van der Waals surface area (Å²) in [6.07, 6.45) is 1.69. The second-order valence-corrected chi connectivity index (χ2v) is 8.33. The predicted molar refractivity (Wildman–Crippen MR) is 101 cm³/mol. The van der Waals surface area contributed by atoms with Gasteiger partial charge < -0.3 is 9.80 Å². The summed E-state index contributed by atoms with van der Waals surface area (Å²) in [4.78, 5) is 9.01. The Labute approximate surface area is 152 Å². The first-order valence-corrected chi connectivity index (χ1v) is 9.90. The molecule has 2 aromatic rings. The molecule has 1 aliphatic rings. The number of nitrogens with zero attached hydrogens (tertiary/aromatic N) is 3. The summed E-state index contributed by atoms with van der Waals surface area (Å²) in [7, 11) is -1.58. The van der Waals surface area contributed by atoms with Crippen molar-refractivity contribution in [1.82, 2.24) is 9.88 Å². The van der Waals surface area contributed by atoms with Crippen molar-refractivity contribution < 1.29 is 9.84 Å². The highest BCUT2D eigenvalue weighted by molar-refractivity contribution is 9.10. The molecule has 24 heavy (non-hydrogen) atoms. The molecule has 0 saturated carbocycles. The fourth-order valence-electron chi connectivity index (χ4n) is 2.58. The standard InChI is InChI=1S/C16H19BrN4O2S.H2/c1-20-7-9-21(10-8-20)16-15(11-13(17)12-18-16)19-24(22,23)14-5-3-2-4-6-14;/h2-6,11-12,19H,7-10H2,1H3;1H. The molecule has 0 amide bonds. The average molecular weight is 413 g/mol. The molecule has 1 aromatic heterocycles. The molecule has 6 nitrogen and oxygen atoms in total. The molecule has 0 radical (unpaired) electrons. The van der Waals surface area contributed by atoms with Crippen LogP contribution in [-0.2, 0) is 10.0 Å². The van der Waals surface area contributed by atoms with Gasteiger partial charge in [-0.2, -0.15) is 0 Å². The number of nitrogens with one attached hydrogen (secondary N) is 1. The Bertz CT molecular complexity index is 812. The Kier molecular flexibility index (Phi) is 5.07. The van der Waals surface area contributed by atoms with E-state index in [1.165, 1.54) is 0 Å². The summed E-state index contributed by atoms with van der Waals surface area (Å²) in [6, 6.07) is 10.1. The maximum atomic E-state index is 12.6. The van der Waals surface area contributed by atoms with Gasteiger partial charge in [0.25, 0.3) is 10.0 Å². The van der Waals surface area contributed by atoms with Crippen molar-refractivity contribution in [2.45, 2.75) is 4.90 Å². The van der Waals surface area contributed by atoms with Gasteiger partial charge in [0.1, 0.15) is 0 Å². The molecule has 8 heteroatoms. The molecule has 1 aliphatic heterocycles. The summed E-state index contributed by atoms with van der Waals surface area (Å²) >= 11 is 3.37. The molecule has 1 N–H and O–H groups in total. The van der Waals surface area contributed by atoms with Gasteiger partial charge >= 0.3 is 0 Å². The first-order chi connectivity index (χ1) is 11.5. The summed E-state index contributed by atoms with van der Waals surface area (Å²) in [5.74, 6) is 0.658. The predicted octanol–water partition coefficient (Wildman–Crippen LogP) is 2.64. The molecular weight excluding hydrogens is 392 g/mol. The zero-order valence-electron chi connectivity index (χ0n) is 13.3. The van der Waals surface area contributed by atoms with Crippen LogP contribution in [0.1, 0.15) is 1.43 Å². The van der Waals surface area contributed by atoms with E-state index < -0.39 is 10.0 Å². The van der Waals surface area contributed by atoms with Crippen molar-refractivity contribution in [2.24, 2.45) is 0 Å². The number of anilines is 2. The third-order valence-electron chi connectivity index (χ3n) is 3.93. The zero-order valence-corrected chi connectivity index (χ0v) is 15.7. The Morgan fingerprint density at radius 3 is 2.50 bits per heavy atom. The molecule has 0 spiro atoms. The highest BCUT2D eigenvalue weighted by Crippen LogP contribution is 2.29. The van der Waals surface area contributed by atoms with Crippen LogP contribution in [0, 0.1) is 0 Å². The van der Waals surface area contributed by atoms with Crippen LogP contribution < -0.4 is 9.62 Å². The summed E-state index contributed by atoms with van der Waals surface area (Å²) in [5.41, 5.74) is 0.484. The van der Waals surface area contributed by atoms with Crippen LogP contribution in [0.25, 0.3) is 0 Å². The number of piperazine rings is 1. The van der Waals surface area contributed by atoms with Crippen LogP contribution in [0.5, 0.6) is 0 Å². The lowest BCUT2D eigenvalue weighted by Gasteiger charge is -2.34. The number of sulfonamides is 1. The van der Waals surface area contributed by atoms with Gasteiger partial charge in [-0.3, -0.25) is 4.72 Å². The molecule has 1 saturated heterocycles. The Balaban J connectivity index is 0.00000225. The smallest absolute Gasteiger partial charge is 0.262 e. The third kappa shape index (κ3) is 3.88. The fourth-order valence-corrected chi connectivity index (χ4v) is 3.99.